The average molecular weight is 386 g/mol. The van der Waals surface area contributed by atoms with Crippen molar-refractivity contribution in [1.29, 1.82) is 0 Å². The second-order valence-corrected chi connectivity index (χ2v) is 11.5. The van der Waals surface area contributed by atoms with Gasteiger partial charge >= 0.3 is 0 Å². The van der Waals surface area contributed by atoms with Crippen LogP contribution in [0.2, 0.25) is 0 Å². The SMILES string of the molecule is Cc1nc(CN2CCC(C)(C)CC2)c2cc(C3CCC(C)(C)CC3)sc2n1. The molecular formula is C23H35N3S. The summed E-state index contributed by atoms with van der Waals surface area (Å²) in [5, 5.41) is 1.32. The summed E-state index contributed by atoms with van der Waals surface area (Å²) in [7, 11) is 0. The van der Waals surface area contributed by atoms with Gasteiger partial charge < -0.3 is 0 Å². The maximum atomic E-state index is 4.87. The van der Waals surface area contributed by atoms with Crippen LogP contribution >= 0.6 is 11.3 Å². The van der Waals surface area contributed by atoms with Crippen LogP contribution < -0.4 is 0 Å². The quantitative estimate of drug-likeness (QED) is 0.620. The third-order valence-corrected chi connectivity index (χ3v) is 8.12. The van der Waals surface area contributed by atoms with Crippen LogP contribution in [0.4, 0.5) is 0 Å². The lowest BCUT2D eigenvalue weighted by Gasteiger charge is -2.36. The van der Waals surface area contributed by atoms with Gasteiger partial charge in [-0.2, -0.15) is 0 Å². The highest BCUT2D eigenvalue weighted by Crippen LogP contribution is 2.45. The minimum atomic E-state index is 0.498. The maximum Gasteiger partial charge on any atom is 0.127 e. The molecule has 1 aliphatic heterocycles. The third kappa shape index (κ3) is 4.37. The highest BCUT2D eigenvalue weighted by Gasteiger charge is 2.29. The van der Waals surface area contributed by atoms with Crippen molar-refractivity contribution in [2.45, 2.75) is 85.6 Å². The van der Waals surface area contributed by atoms with Gasteiger partial charge in [0.1, 0.15) is 10.7 Å². The van der Waals surface area contributed by atoms with Crippen LogP contribution in [0.5, 0.6) is 0 Å². The third-order valence-electron chi connectivity index (χ3n) is 6.93. The fourth-order valence-electron chi connectivity index (χ4n) is 4.65. The van der Waals surface area contributed by atoms with Gasteiger partial charge in [0, 0.05) is 16.8 Å². The van der Waals surface area contributed by atoms with E-state index in [-0.39, 0.29) is 0 Å². The van der Waals surface area contributed by atoms with Crippen LogP contribution in [0.25, 0.3) is 10.2 Å². The first-order chi connectivity index (χ1) is 12.7. The van der Waals surface area contributed by atoms with Crippen molar-refractivity contribution >= 4 is 21.6 Å². The zero-order valence-electron chi connectivity index (χ0n) is 17.8. The minimum absolute atomic E-state index is 0.498. The first-order valence-corrected chi connectivity index (χ1v) is 11.5. The molecule has 27 heavy (non-hydrogen) atoms. The van der Waals surface area contributed by atoms with Crippen LogP contribution in [-0.2, 0) is 6.54 Å². The fourth-order valence-corrected chi connectivity index (χ4v) is 5.92. The molecule has 0 spiro atoms. The molecule has 4 rings (SSSR count). The highest BCUT2D eigenvalue weighted by molar-refractivity contribution is 7.18. The van der Waals surface area contributed by atoms with Gasteiger partial charge in [0.25, 0.3) is 0 Å². The molecule has 0 radical (unpaired) electrons. The lowest BCUT2D eigenvalue weighted by molar-refractivity contribution is 0.126. The van der Waals surface area contributed by atoms with E-state index in [4.69, 9.17) is 9.97 Å². The summed E-state index contributed by atoms with van der Waals surface area (Å²) >= 11 is 1.92. The van der Waals surface area contributed by atoms with Crippen molar-refractivity contribution in [3.63, 3.8) is 0 Å². The highest BCUT2D eigenvalue weighted by atomic mass is 32.1. The number of thiophene rings is 1. The number of aryl methyl sites for hydroxylation is 1. The number of hydrogen-bond acceptors (Lipinski definition) is 4. The molecule has 148 valence electrons. The standard InChI is InChI=1S/C23H35N3S/c1-16-24-19(15-26-12-10-23(4,5)11-13-26)18-14-20(27-21(18)25-16)17-6-8-22(2,3)9-7-17/h14,17H,6-13,15H2,1-5H3. The Morgan fingerprint density at radius 3 is 2.30 bits per heavy atom. The lowest BCUT2D eigenvalue weighted by atomic mass is 9.73. The van der Waals surface area contributed by atoms with E-state index in [9.17, 15) is 0 Å². The van der Waals surface area contributed by atoms with Gasteiger partial charge in [-0.1, -0.05) is 27.7 Å². The van der Waals surface area contributed by atoms with Gasteiger partial charge in [-0.15, -0.1) is 11.3 Å². The monoisotopic (exact) mass is 385 g/mol. The number of nitrogens with zero attached hydrogens (tertiary/aromatic N) is 3. The molecule has 0 aromatic carbocycles. The van der Waals surface area contributed by atoms with Gasteiger partial charge in [0.2, 0.25) is 0 Å². The number of piperidine rings is 1. The Morgan fingerprint density at radius 2 is 1.63 bits per heavy atom. The molecule has 1 saturated carbocycles. The van der Waals surface area contributed by atoms with E-state index >= 15 is 0 Å². The topological polar surface area (TPSA) is 29.0 Å². The van der Waals surface area contributed by atoms with E-state index < -0.39 is 0 Å². The van der Waals surface area contributed by atoms with Gasteiger partial charge in [0.05, 0.1) is 5.69 Å². The van der Waals surface area contributed by atoms with Crippen molar-refractivity contribution in [3.8, 4) is 0 Å². The summed E-state index contributed by atoms with van der Waals surface area (Å²) in [6, 6.07) is 2.44. The zero-order chi connectivity index (χ0) is 19.2. The normalized spacial score (nSPS) is 23.7. The maximum absolute atomic E-state index is 4.87. The smallest absolute Gasteiger partial charge is 0.127 e. The van der Waals surface area contributed by atoms with E-state index in [1.807, 2.05) is 18.3 Å². The summed E-state index contributed by atoms with van der Waals surface area (Å²) in [6.45, 7) is 15.0. The number of likely N-dealkylation sites (tertiary alicyclic amines) is 1. The van der Waals surface area contributed by atoms with Gasteiger partial charge in [-0.25, -0.2) is 9.97 Å². The van der Waals surface area contributed by atoms with Crippen molar-refractivity contribution < 1.29 is 0 Å². The first-order valence-electron chi connectivity index (χ1n) is 10.7. The Kier molecular flexibility index (Phi) is 5.09. The Balaban J connectivity index is 1.56. The summed E-state index contributed by atoms with van der Waals surface area (Å²) in [5.41, 5.74) is 2.27. The van der Waals surface area contributed by atoms with Gasteiger partial charge in [0.15, 0.2) is 0 Å². The number of hydrogen-bond donors (Lipinski definition) is 0. The van der Waals surface area contributed by atoms with E-state index in [0.717, 1.165) is 18.3 Å². The molecule has 0 unspecified atom stereocenters. The molecule has 0 N–H and O–H groups in total. The van der Waals surface area contributed by atoms with Crippen LogP contribution in [0.3, 0.4) is 0 Å². The molecule has 2 aromatic rings. The molecule has 1 aliphatic carbocycles. The molecule has 2 aromatic heterocycles. The molecule has 2 aliphatic rings. The molecule has 3 nitrogen and oxygen atoms in total. The van der Waals surface area contributed by atoms with E-state index in [1.54, 1.807) is 4.88 Å². The zero-order valence-corrected chi connectivity index (χ0v) is 18.6. The second-order valence-electron chi connectivity index (χ2n) is 10.5. The molecule has 3 heterocycles. The predicted octanol–water partition coefficient (Wildman–Crippen LogP) is 6.31. The second kappa shape index (κ2) is 7.11. The lowest BCUT2D eigenvalue weighted by Crippen LogP contribution is -2.37. The summed E-state index contributed by atoms with van der Waals surface area (Å²) < 4.78 is 0. The van der Waals surface area contributed by atoms with Crippen LogP contribution in [0, 0.1) is 17.8 Å². The van der Waals surface area contributed by atoms with Crippen LogP contribution in [0.15, 0.2) is 6.07 Å². The summed E-state index contributed by atoms with van der Waals surface area (Å²) in [6.07, 6.45) is 7.89. The Hall–Kier alpha value is -1.00. The molecule has 0 atom stereocenters. The van der Waals surface area contributed by atoms with Gasteiger partial charge in [-0.3, -0.25) is 4.90 Å². The van der Waals surface area contributed by atoms with E-state index in [2.05, 4.69) is 38.7 Å². The van der Waals surface area contributed by atoms with Crippen molar-refractivity contribution in [1.82, 2.24) is 14.9 Å². The van der Waals surface area contributed by atoms with Crippen LogP contribution in [0.1, 0.15) is 88.5 Å². The van der Waals surface area contributed by atoms with Crippen LogP contribution in [-0.4, -0.2) is 28.0 Å². The fraction of sp³-hybridized carbons (Fsp3) is 0.739. The van der Waals surface area contributed by atoms with E-state index in [1.165, 1.54) is 67.5 Å². The Bertz CT molecular complexity index is 800. The van der Waals surface area contributed by atoms with Gasteiger partial charge in [-0.05, 0) is 81.4 Å². The van der Waals surface area contributed by atoms with Crippen molar-refractivity contribution in [3.05, 3.63) is 22.5 Å². The molecule has 2 fully saturated rings. The first kappa shape index (κ1) is 19.3. The van der Waals surface area contributed by atoms with Crippen molar-refractivity contribution in [2.24, 2.45) is 10.8 Å². The summed E-state index contributed by atoms with van der Waals surface area (Å²) in [4.78, 5) is 15.0. The minimum Gasteiger partial charge on any atom is -0.297 e. The summed E-state index contributed by atoms with van der Waals surface area (Å²) in [5.74, 6) is 1.65. The van der Waals surface area contributed by atoms with Crippen molar-refractivity contribution in [2.75, 3.05) is 13.1 Å². The molecular weight excluding hydrogens is 350 g/mol. The Labute approximate surface area is 168 Å². The largest absolute Gasteiger partial charge is 0.297 e. The van der Waals surface area contributed by atoms with E-state index in [0.29, 0.717) is 10.8 Å². The number of aromatic nitrogens is 2. The molecule has 1 saturated heterocycles. The predicted molar refractivity (Wildman–Crippen MR) is 115 cm³/mol. The Morgan fingerprint density at radius 1 is 1.00 bits per heavy atom. The average Bonchev–Trinajstić information content (AvgIpc) is 3.00. The molecule has 0 amide bonds. The number of rotatable bonds is 3. The number of fused-ring (bicyclic) bond motifs is 1. The molecule has 0 bridgehead atoms. The molecule has 4 heteroatoms.